The van der Waals surface area contributed by atoms with Crippen molar-refractivity contribution in [3.63, 3.8) is 0 Å². The molecule has 5 heteroatoms. The highest BCUT2D eigenvalue weighted by Crippen LogP contribution is 2.43. The van der Waals surface area contributed by atoms with Crippen LogP contribution in [0.3, 0.4) is 0 Å². The molecule has 2 fully saturated rings. The minimum Gasteiger partial charge on any atom is -0.371 e. The van der Waals surface area contributed by atoms with Crippen LogP contribution in [0.1, 0.15) is 25.3 Å². The fourth-order valence-corrected chi connectivity index (χ4v) is 3.44. The normalized spacial score (nSPS) is 25.6. The van der Waals surface area contributed by atoms with Crippen molar-refractivity contribution in [1.82, 2.24) is 9.38 Å². The Balaban J connectivity index is 1.74. The van der Waals surface area contributed by atoms with Gasteiger partial charge in [-0.15, -0.1) is 0 Å². The van der Waals surface area contributed by atoms with Crippen LogP contribution in [0.4, 0.5) is 5.82 Å². The Hall–Kier alpha value is -1.88. The Morgan fingerprint density at radius 3 is 3.00 bits per heavy atom. The van der Waals surface area contributed by atoms with Gasteiger partial charge in [-0.1, -0.05) is 6.07 Å². The third kappa shape index (κ3) is 2.20. The predicted octanol–water partition coefficient (Wildman–Crippen LogP) is 2.01. The minimum atomic E-state index is -0.100. The second-order valence-electron chi connectivity index (χ2n) is 6.69. The van der Waals surface area contributed by atoms with Gasteiger partial charge in [0.15, 0.2) is 0 Å². The van der Waals surface area contributed by atoms with E-state index in [-0.39, 0.29) is 11.2 Å². The van der Waals surface area contributed by atoms with E-state index in [0.29, 0.717) is 12.5 Å². The van der Waals surface area contributed by atoms with Crippen LogP contribution in [0.15, 0.2) is 29.2 Å². The molecule has 2 aromatic rings. The summed E-state index contributed by atoms with van der Waals surface area (Å²) in [6.07, 6.45) is 4.27. The molecule has 1 aliphatic heterocycles. The van der Waals surface area contributed by atoms with Crippen molar-refractivity contribution in [3.8, 4) is 0 Å². The van der Waals surface area contributed by atoms with Crippen LogP contribution in [-0.2, 0) is 4.74 Å². The number of pyridine rings is 1. The van der Waals surface area contributed by atoms with Crippen LogP contribution < -0.4 is 10.5 Å². The van der Waals surface area contributed by atoms with Crippen molar-refractivity contribution in [2.45, 2.75) is 32.3 Å². The largest absolute Gasteiger partial charge is 0.371 e. The first-order chi connectivity index (χ1) is 10.6. The summed E-state index contributed by atoms with van der Waals surface area (Å²) in [6, 6.07) is 5.51. The molecule has 0 bridgehead atoms. The molecule has 5 nitrogen and oxygen atoms in total. The van der Waals surface area contributed by atoms with Crippen LogP contribution in [0.2, 0.25) is 0 Å². The van der Waals surface area contributed by atoms with Crippen molar-refractivity contribution in [1.29, 1.82) is 0 Å². The highest BCUT2D eigenvalue weighted by molar-refractivity contribution is 5.53. The lowest BCUT2D eigenvalue weighted by Gasteiger charge is -2.41. The molecule has 1 atom stereocenters. The first-order valence-electron chi connectivity index (χ1n) is 7.95. The number of fused-ring (bicyclic) bond motifs is 1. The molecule has 116 valence electrons. The number of ether oxygens (including phenoxy) is 1. The second kappa shape index (κ2) is 4.81. The SMILES string of the molecule is Cc1cccn2c(=O)cc(N3CCOC(C)(C4CC4)C3)nc12. The zero-order valence-electron chi connectivity index (χ0n) is 13.1. The number of hydrogen-bond acceptors (Lipinski definition) is 4. The van der Waals surface area contributed by atoms with Gasteiger partial charge in [-0.3, -0.25) is 9.20 Å². The molecule has 1 unspecified atom stereocenters. The summed E-state index contributed by atoms with van der Waals surface area (Å²) in [6.45, 7) is 6.47. The smallest absolute Gasteiger partial charge is 0.259 e. The average molecular weight is 299 g/mol. The van der Waals surface area contributed by atoms with Gasteiger partial charge in [0, 0.05) is 25.4 Å². The van der Waals surface area contributed by atoms with Gasteiger partial charge in [-0.05, 0) is 44.2 Å². The summed E-state index contributed by atoms with van der Waals surface area (Å²) in [5, 5.41) is 0. The summed E-state index contributed by atoms with van der Waals surface area (Å²) < 4.78 is 7.64. The Morgan fingerprint density at radius 1 is 1.41 bits per heavy atom. The highest BCUT2D eigenvalue weighted by atomic mass is 16.5. The number of aromatic nitrogens is 2. The predicted molar refractivity (Wildman–Crippen MR) is 85.5 cm³/mol. The monoisotopic (exact) mass is 299 g/mol. The second-order valence-corrected chi connectivity index (χ2v) is 6.69. The molecule has 0 spiro atoms. The van der Waals surface area contributed by atoms with E-state index in [9.17, 15) is 4.79 Å². The third-order valence-electron chi connectivity index (χ3n) is 4.94. The summed E-state index contributed by atoms with van der Waals surface area (Å²) in [5.41, 5.74) is 1.63. The molecule has 0 radical (unpaired) electrons. The van der Waals surface area contributed by atoms with Crippen LogP contribution in [-0.4, -0.2) is 34.7 Å². The van der Waals surface area contributed by atoms with Gasteiger partial charge in [-0.2, -0.15) is 0 Å². The number of morpholine rings is 1. The Bertz CT molecular complexity index is 781. The molecule has 2 aromatic heterocycles. The van der Waals surface area contributed by atoms with Gasteiger partial charge in [-0.25, -0.2) is 4.98 Å². The maximum Gasteiger partial charge on any atom is 0.259 e. The first-order valence-corrected chi connectivity index (χ1v) is 7.95. The van der Waals surface area contributed by atoms with Crippen molar-refractivity contribution >= 4 is 11.5 Å². The molecule has 4 rings (SSSR count). The van der Waals surface area contributed by atoms with E-state index in [1.165, 1.54) is 12.8 Å². The van der Waals surface area contributed by atoms with E-state index in [1.54, 1.807) is 16.7 Å². The quantitative estimate of drug-likeness (QED) is 0.851. The van der Waals surface area contributed by atoms with Gasteiger partial charge in [0.25, 0.3) is 5.56 Å². The lowest BCUT2D eigenvalue weighted by atomic mass is 9.98. The Kier molecular flexibility index (Phi) is 3.01. The maximum atomic E-state index is 12.4. The number of rotatable bonds is 2. The molecule has 1 aliphatic carbocycles. The highest BCUT2D eigenvalue weighted by Gasteiger charge is 2.45. The number of aryl methyl sites for hydroxylation is 1. The summed E-state index contributed by atoms with van der Waals surface area (Å²) in [4.78, 5) is 19.3. The van der Waals surface area contributed by atoms with Crippen molar-refractivity contribution in [2.75, 3.05) is 24.6 Å². The molecule has 3 heterocycles. The summed E-state index contributed by atoms with van der Waals surface area (Å²) in [5.74, 6) is 1.42. The van der Waals surface area contributed by atoms with E-state index in [0.717, 1.165) is 30.1 Å². The molecular weight excluding hydrogens is 278 g/mol. The molecular formula is C17H21N3O2. The molecule has 1 saturated heterocycles. The standard InChI is InChI=1S/C17H21N3O2/c1-12-4-3-7-20-15(21)10-14(18-16(12)20)19-8-9-22-17(2,11-19)13-5-6-13/h3-4,7,10,13H,5-6,8-9,11H2,1-2H3. The summed E-state index contributed by atoms with van der Waals surface area (Å²) in [7, 11) is 0. The van der Waals surface area contributed by atoms with Crippen LogP contribution >= 0.6 is 0 Å². The van der Waals surface area contributed by atoms with E-state index in [4.69, 9.17) is 9.72 Å². The third-order valence-corrected chi connectivity index (χ3v) is 4.94. The van der Waals surface area contributed by atoms with E-state index < -0.39 is 0 Å². The maximum absolute atomic E-state index is 12.4. The van der Waals surface area contributed by atoms with E-state index in [2.05, 4.69) is 11.8 Å². The average Bonchev–Trinajstić information content (AvgIpc) is 3.33. The number of anilines is 1. The lowest BCUT2D eigenvalue weighted by molar-refractivity contribution is -0.0577. The van der Waals surface area contributed by atoms with Crippen LogP contribution in [0.25, 0.3) is 5.65 Å². The van der Waals surface area contributed by atoms with Crippen molar-refractivity contribution in [3.05, 3.63) is 40.3 Å². The topological polar surface area (TPSA) is 46.8 Å². The molecule has 22 heavy (non-hydrogen) atoms. The van der Waals surface area contributed by atoms with Gasteiger partial charge in [0.05, 0.1) is 12.2 Å². The van der Waals surface area contributed by atoms with Gasteiger partial charge >= 0.3 is 0 Å². The van der Waals surface area contributed by atoms with E-state index in [1.807, 2.05) is 19.1 Å². The summed E-state index contributed by atoms with van der Waals surface area (Å²) >= 11 is 0. The van der Waals surface area contributed by atoms with E-state index >= 15 is 0 Å². The minimum absolute atomic E-state index is 0.0247. The Morgan fingerprint density at radius 2 is 2.23 bits per heavy atom. The van der Waals surface area contributed by atoms with Crippen molar-refractivity contribution < 1.29 is 4.74 Å². The zero-order chi connectivity index (χ0) is 15.3. The van der Waals surface area contributed by atoms with Crippen LogP contribution in [0, 0.1) is 12.8 Å². The van der Waals surface area contributed by atoms with Crippen molar-refractivity contribution in [2.24, 2.45) is 5.92 Å². The molecule has 0 N–H and O–H groups in total. The molecule has 2 aliphatic rings. The van der Waals surface area contributed by atoms with Gasteiger partial charge < -0.3 is 9.64 Å². The molecule has 0 aromatic carbocycles. The lowest BCUT2D eigenvalue weighted by Crippen LogP contribution is -2.52. The van der Waals surface area contributed by atoms with Crippen LogP contribution in [0.5, 0.6) is 0 Å². The number of nitrogens with zero attached hydrogens (tertiary/aromatic N) is 3. The fourth-order valence-electron chi connectivity index (χ4n) is 3.44. The molecule has 0 amide bonds. The number of hydrogen-bond donors (Lipinski definition) is 0. The zero-order valence-corrected chi connectivity index (χ0v) is 13.1. The van der Waals surface area contributed by atoms with Gasteiger partial charge in [0.2, 0.25) is 0 Å². The fraction of sp³-hybridized carbons (Fsp3) is 0.529. The Labute approximate surface area is 129 Å². The first kappa shape index (κ1) is 13.8. The van der Waals surface area contributed by atoms with Gasteiger partial charge in [0.1, 0.15) is 11.5 Å². The molecule has 1 saturated carbocycles.